The van der Waals surface area contributed by atoms with E-state index in [4.69, 9.17) is 32.7 Å². The molecule has 1 unspecified atom stereocenters. The van der Waals surface area contributed by atoms with Gasteiger partial charge in [0.2, 0.25) is 5.88 Å². The number of likely N-dealkylation sites (tertiary alicyclic amines) is 1. The van der Waals surface area contributed by atoms with Gasteiger partial charge in [0.05, 0.1) is 0 Å². The van der Waals surface area contributed by atoms with E-state index in [0.717, 1.165) is 32.5 Å². The molecular weight excluding hydrogens is 409 g/mol. The van der Waals surface area contributed by atoms with Gasteiger partial charge < -0.3 is 14.6 Å². The van der Waals surface area contributed by atoms with Gasteiger partial charge in [-0.2, -0.15) is 4.37 Å². The Morgan fingerprint density at radius 2 is 1.96 bits per heavy atom. The number of nitrogens with zero attached hydrogens (tertiary/aromatic N) is 2. The number of nitrogens with one attached hydrogen (secondary N) is 1. The zero-order valence-corrected chi connectivity index (χ0v) is 17.1. The first-order valence-electron chi connectivity index (χ1n) is 8.88. The summed E-state index contributed by atoms with van der Waals surface area (Å²) in [5.74, 6) is 1.28. The first-order chi connectivity index (χ1) is 13.1. The van der Waals surface area contributed by atoms with Gasteiger partial charge in [0.15, 0.2) is 0 Å². The number of piperidine rings is 1. The number of halogens is 2. The highest BCUT2D eigenvalue weighted by Crippen LogP contribution is 2.21. The van der Waals surface area contributed by atoms with E-state index < -0.39 is 6.23 Å². The summed E-state index contributed by atoms with van der Waals surface area (Å²) in [6, 6.07) is 9.11. The number of aromatic nitrogens is 1. The van der Waals surface area contributed by atoms with Gasteiger partial charge >= 0.3 is 0 Å². The van der Waals surface area contributed by atoms with Crippen molar-refractivity contribution in [3.63, 3.8) is 0 Å². The van der Waals surface area contributed by atoms with Crippen molar-refractivity contribution in [3.8, 4) is 11.6 Å². The molecule has 2 N–H and O–H groups in total. The molecule has 1 aliphatic heterocycles. The molecule has 0 amide bonds. The molecule has 1 aromatic carbocycles. The number of aliphatic hydroxyl groups excluding tert-OH is 1. The van der Waals surface area contributed by atoms with Crippen LogP contribution in [0.15, 0.2) is 30.3 Å². The predicted molar refractivity (Wildman–Crippen MR) is 108 cm³/mol. The maximum Gasteiger partial charge on any atom is 0.226 e. The molecule has 0 aliphatic carbocycles. The second kappa shape index (κ2) is 10.5. The normalized spacial score (nSPS) is 17.0. The number of benzene rings is 1. The van der Waals surface area contributed by atoms with E-state index in [1.54, 1.807) is 30.3 Å². The van der Waals surface area contributed by atoms with Gasteiger partial charge in [-0.3, -0.25) is 10.2 Å². The van der Waals surface area contributed by atoms with E-state index in [2.05, 4.69) is 14.6 Å². The monoisotopic (exact) mass is 431 g/mol. The van der Waals surface area contributed by atoms with Gasteiger partial charge in [-0.05, 0) is 61.7 Å². The molecule has 0 radical (unpaired) electrons. The minimum atomic E-state index is -0.699. The van der Waals surface area contributed by atoms with Gasteiger partial charge in [0.25, 0.3) is 0 Å². The topological polar surface area (TPSA) is 66.9 Å². The Labute approximate surface area is 173 Å². The molecule has 1 aromatic heterocycles. The first kappa shape index (κ1) is 20.6. The first-order valence-corrected chi connectivity index (χ1v) is 10.4. The molecular formula is C18H23Cl2N3O3S. The lowest BCUT2D eigenvalue weighted by molar-refractivity contribution is 0.0549. The van der Waals surface area contributed by atoms with Crippen LogP contribution in [0.5, 0.6) is 11.6 Å². The molecule has 3 rings (SSSR count). The van der Waals surface area contributed by atoms with E-state index in [1.165, 1.54) is 11.5 Å². The van der Waals surface area contributed by atoms with Crippen LogP contribution in [0, 0.1) is 0 Å². The molecule has 1 saturated heterocycles. The smallest absolute Gasteiger partial charge is 0.226 e. The highest BCUT2D eigenvalue weighted by molar-refractivity contribution is 7.10. The number of hydrogen-bond acceptors (Lipinski definition) is 7. The van der Waals surface area contributed by atoms with Crippen molar-refractivity contribution in [1.82, 2.24) is 14.6 Å². The van der Waals surface area contributed by atoms with Crippen molar-refractivity contribution in [2.75, 3.05) is 32.8 Å². The highest BCUT2D eigenvalue weighted by Gasteiger charge is 2.21. The van der Waals surface area contributed by atoms with Crippen molar-refractivity contribution in [2.24, 2.45) is 0 Å². The molecule has 0 spiro atoms. The maximum atomic E-state index is 10.1. The fourth-order valence-electron chi connectivity index (χ4n) is 2.94. The molecule has 6 nitrogen and oxygen atoms in total. The average molecular weight is 432 g/mol. The quantitative estimate of drug-likeness (QED) is 0.593. The van der Waals surface area contributed by atoms with E-state index >= 15 is 0 Å². The van der Waals surface area contributed by atoms with Crippen molar-refractivity contribution in [2.45, 2.75) is 25.1 Å². The second-order valence-electron chi connectivity index (χ2n) is 6.38. The van der Waals surface area contributed by atoms with Crippen molar-refractivity contribution < 1.29 is 14.6 Å². The summed E-state index contributed by atoms with van der Waals surface area (Å²) in [4.78, 5) is 2.35. The fourth-order valence-corrected chi connectivity index (χ4v) is 3.69. The van der Waals surface area contributed by atoms with Gasteiger partial charge in [-0.1, -0.05) is 23.2 Å². The Morgan fingerprint density at radius 3 is 2.63 bits per heavy atom. The number of hydrogen-bond donors (Lipinski definition) is 2. The lowest BCUT2D eigenvalue weighted by Gasteiger charge is -2.33. The molecule has 0 saturated carbocycles. The van der Waals surface area contributed by atoms with Crippen LogP contribution in [-0.4, -0.2) is 59.5 Å². The lowest BCUT2D eigenvalue weighted by Crippen LogP contribution is -2.48. The molecule has 2 heterocycles. The summed E-state index contributed by atoms with van der Waals surface area (Å²) < 4.78 is 15.9. The minimum Gasteiger partial charge on any atom is -0.489 e. The molecule has 1 fully saturated rings. The summed E-state index contributed by atoms with van der Waals surface area (Å²) in [6.45, 7) is 3.57. The van der Waals surface area contributed by atoms with Crippen LogP contribution < -0.4 is 14.8 Å². The average Bonchev–Trinajstić information content (AvgIpc) is 3.08. The largest absolute Gasteiger partial charge is 0.489 e. The molecule has 27 heavy (non-hydrogen) atoms. The molecule has 1 atom stereocenters. The maximum absolute atomic E-state index is 10.1. The van der Waals surface area contributed by atoms with E-state index in [1.807, 2.05) is 0 Å². The fraction of sp³-hybridized carbons (Fsp3) is 0.500. The van der Waals surface area contributed by atoms with Crippen LogP contribution in [0.1, 0.15) is 12.8 Å². The van der Waals surface area contributed by atoms with Crippen LogP contribution in [0.3, 0.4) is 0 Å². The minimum absolute atomic E-state index is 0.200. The molecule has 148 valence electrons. The van der Waals surface area contributed by atoms with Gasteiger partial charge in [-0.15, -0.1) is 0 Å². The van der Waals surface area contributed by atoms with E-state index in [9.17, 15) is 5.11 Å². The van der Waals surface area contributed by atoms with E-state index in [-0.39, 0.29) is 12.6 Å². The molecule has 0 bridgehead atoms. The summed E-state index contributed by atoms with van der Waals surface area (Å²) in [6.07, 6.45) is 1.25. The third kappa shape index (κ3) is 7.10. The van der Waals surface area contributed by atoms with Crippen LogP contribution in [0.4, 0.5) is 0 Å². The standard InChI is InChI=1S/C18H23Cl2N3O3S/c19-13-1-3-15(4-2-13)26-12-17(24)21-14-5-7-23(8-6-14)9-10-25-18-11-16(20)27-22-18/h1-4,11,14,17,21,24H,5-10,12H2. The third-order valence-electron chi connectivity index (χ3n) is 4.35. The van der Waals surface area contributed by atoms with Crippen molar-refractivity contribution in [1.29, 1.82) is 0 Å². The van der Waals surface area contributed by atoms with Crippen LogP contribution in [0.25, 0.3) is 0 Å². The van der Waals surface area contributed by atoms with Crippen molar-refractivity contribution >= 4 is 34.7 Å². The zero-order valence-electron chi connectivity index (χ0n) is 14.8. The Hall–Kier alpha value is -1.09. The summed E-state index contributed by atoms with van der Waals surface area (Å²) in [5, 5.41) is 14.0. The second-order valence-corrected chi connectivity index (χ2v) is 8.25. The summed E-state index contributed by atoms with van der Waals surface area (Å²) in [7, 11) is 0. The zero-order chi connectivity index (χ0) is 19.1. The van der Waals surface area contributed by atoms with Crippen molar-refractivity contribution in [3.05, 3.63) is 39.7 Å². The highest BCUT2D eigenvalue weighted by atomic mass is 35.5. The Kier molecular flexibility index (Phi) is 7.99. The predicted octanol–water partition coefficient (Wildman–Crippen LogP) is 3.28. The Morgan fingerprint density at radius 1 is 1.22 bits per heavy atom. The van der Waals surface area contributed by atoms with Crippen LogP contribution >= 0.6 is 34.7 Å². The molecule has 2 aromatic rings. The van der Waals surface area contributed by atoms with Crippen LogP contribution in [-0.2, 0) is 0 Å². The molecule has 1 aliphatic rings. The van der Waals surface area contributed by atoms with Gasteiger partial charge in [-0.25, -0.2) is 0 Å². The molecule has 9 heteroatoms. The Balaban J connectivity index is 1.28. The number of aliphatic hydroxyl groups is 1. The lowest BCUT2D eigenvalue weighted by atomic mass is 10.1. The third-order valence-corrected chi connectivity index (χ3v) is 5.49. The Bertz CT molecular complexity index is 693. The van der Waals surface area contributed by atoms with Gasteiger partial charge in [0, 0.05) is 23.7 Å². The van der Waals surface area contributed by atoms with Gasteiger partial charge in [0.1, 0.15) is 29.5 Å². The summed E-state index contributed by atoms with van der Waals surface area (Å²) >= 11 is 12.9. The van der Waals surface area contributed by atoms with E-state index in [0.29, 0.717) is 27.6 Å². The summed E-state index contributed by atoms with van der Waals surface area (Å²) in [5.41, 5.74) is 0. The SMILES string of the molecule is OC(COc1ccc(Cl)cc1)NC1CCN(CCOc2cc(Cl)sn2)CC1. The number of rotatable bonds is 9. The van der Waals surface area contributed by atoms with Crippen LogP contribution in [0.2, 0.25) is 9.36 Å². The number of ether oxygens (including phenoxy) is 2.